The molecule has 2 heterocycles. The highest BCUT2D eigenvalue weighted by Crippen LogP contribution is 2.60. The summed E-state index contributed by atoms with van der Waals surface area (Å²) in [5, 5.41) is 11.2. The Balaban J connectivity index is 1.36. The Bertz CT molecular complexity index is 1180. The SMILES string of the molecule is Cc1nc(C)c(-c2nnc(SCc3ccc(C(F)(F)F)cc3)n2C23CC4CC(CC(C4)C2)C3)s1. The van der Waals surface area contributed by atoms with Gasteiger partial charge in [-0.15, -0.1) is 21.5 Å². The number of nitrogens with zero attached hydrogens (tertiary/aromatic N) is 4. The summed E-state index contributed by atoms with van der Waals surface area (Å²) in [5.41, 5.74) is 1.27. The minimum atomic E-state index is -4.32. The number of thioether (sulfide) groups is 1. The Morgan fingerprint density at radius 3 is 2.15 bits per heavy atom. The van der Waals surface area contributed by atoms with E-state index in [2.05, 4.69) is 14.6 Å². The van der Waals surface area contributed by atoms with Gasteiger partial charge >= 0.3 is 6.18 Å². The Kier molecular flexibility index (Phi) is 5.37. The average Bonchev–Trinajstić information content (AvgIpc) is 3.33. The molecule has 0 amide bonds. The van der Waals surface area contributed by atoms with Gasteiger partial charge in [0, 0.05) is 11.3 Å². The zero-order chi connectivity index (χ0) is 23.7. The van der Waals surface area contributed by atoms with Gasteiger partial charge in [-0.25, -0.2) is 4.98 Å². The van der Waals surface area contributed by atoms with E-state index >= 15 is 0 Å². The summed E-state index contributed by atoms with van der Waals surface area (Å²) < 4.78 is 41.3. The minimum absolute atomic E-state index is 0.0421. The molecule has 3 aromatic rings. The maximum absolute atomic E-state index is 13.0. The average molecular weight is 505 g/mol. The molecule has 2 aromatic heterocycles. The summed E-state index contributed by atoms with van der Waals surface area (Å²) in [6.45, 7) is 4.05. The van der Waals surface area contributed by atoms with Gasteiger partial charge in [0.1, 0.15) is 0 Å². The molecule has 0 saturated heterocycles. The number of alkyl halides is 3. The molecule has 9 heteroatoms. The van der Waals surface area contributed by atoms with Gasteiger partial charge in [-0.1, -0.05) is 23.9 Å². The monoisotopic (exact) mass is 504 g/mol. The second-order valence-electron chi connectivity index (χ2n) is 10.4. The van der Waals surface area contributed by atoms with Crippen LogP contribution in [0.25, 0.3) is 10.7 Å². The van der Waals surface area contributed by atoms with Crippen LogP contribution >= 0.6 is 23.1 Å². The fraction of sp³-hybridized carbons (Fsp3) is 0.560. The molecule has 4 fully saturated rings. The molecule has 0 aliphatic heterocycles. The molecule has 0 unspecified atom stereocenters. The second kappa shape index (κ2) is 8.08. The molecule has 7 rings (SSSR count). The minimum Gasteiger partial charge on any atom is -0.295 e. The van der Waals surface area contributed by atoms with E-state index in [4.69, 9.17) is 5.10 Å². The van der Waals surface area contributed by atoms with E-state index < -0.39 is 11.7 Å². The first-order chi connectivity index (χ1) is 16.2. The van der Waals surface area contributed by atoms with E-state index in [1.807, 2.05) is 13.8 Å². The highest BCUT2D eigenvalue weighted by atomic mass is 32.2. The Hall–Kier alpha value is -1.87. The molecule has 0 atom stereocenters. The molecule has 34 heavy (non-hydrogen) atoms. The van der Waals surface area contributed by atoms with E-state index in [-0.39, 0.29) is 5.54 Å². The predicted molar refractivity (Wildman–Crippen MR) is 128 cm³/mol. The largest absolute Gasteiger partial charge is 0.416 e. The molecule has 4 aliphatic rings. The van der Waals surface area contributed by atoms with Crippen molar-refractivity contribution in [2.45, 2.75) is 75.0 Å². The summed E-state index contributed by atoms with van der Waals surface area (Å²) in [7, 11) is 0. The lowest BCUT2D eigenvalue weighted by molar-refractivity contribution is -0.137. The number of aromatic nitrogens is 4. The van der Waals surface area contributed by atoms with Crippen LogP contribution in [0.3, 0.4) is 0 Å². The van der Waals surface area contributed by atoms with E-state index in [0.29, 0.717) is 5.75 Å². The summed E-state index contributed by atoms with van der Waals surface area (Å²) in [6, 6.07) is 5.46. The van der Waals surface area contributed by atoms with Crippen molar-refractivity contribution in [2.24, 2.45) is 17.8 Å². The van der Waals surface area contributed by atoms with Crippen molar-refractivity contribution < 1.29 is 13.2 Å². The normalized spacial score (nSPS) is 28.1. The third kappa shape index (κ3) is 3.88. The molecule has 1 aromatic carbocycles. The smallest absolute Gasteiger partial charge is 0.295 e. The zero-order valence-electron chi connectivity index (χ0n) is 19.2. The lowest BCUT2D eigenvalue weighted by Crippen LogP contribution is -2.52. The van der Waals surface area contributed by atoms with Crippen LogP contribution in [0.4, 0.5) is 13.2 Å². The van der Waals surface area contributed by atoms with Gasteiger partial charge in [0.15, 0.2) is 11.0 Å². The summed E-state index contributed by atoms with van der Waals surface area (Å²) in [4.78, 5) is 5.73. The van der Waals surface area contributed by atoms with Gasteiger partial charge in [-0.2, -0.15) is 13.2 Å². The van der Waals surface area contributed by atoms with Crippen molar-refractivity contribution in [3.05, 3.63) is 46.1 Å². The molecular weight excluding hydrogens is 477 g/mol. The Morgan fingerprint density at radius 2 is 1.62 bits per heavy atom. The third-order valence-electron chi connectivity index (χ3n) is 7.87. The van der Waals surface area contributed by atoms with Gasteiger partial charge in [-0.05, 0) is 87.8 Å². The van der Waals surface area contributed by atoms with Crippen LogP contribution in [0.1, 0.15) is 60.4 Å². The van der Waals surface area contributed by atoms with Crippen LogP contribution in [0.5, 0.6) is 0 Å². The van der Waals surface area contributed by atoms with Crippen molar-refractivity contribution in [1.29, 1.82) is 0 Å². The standard InChI is InChI=1S/C25H27F3N4S2/c1-14-21(34-15(2)29-14)22-30-31-23(33-13-16-3-5-20(6-4-16)25(26,27)28)32(22)24-10-17-7-18(11-24)9-19(8-17)12-24/h3-6,17-19H,7-13H2,1-2H3. The first-order valence-corrected chi connectivity index (χ1v) is 13.7. The number of rotatable bonds is 5. The maximum atomic E-state index is 13.0. The topological polar surface area (TPSA) is 43.6 Å². The van der Waals surface area contributed by atoms with Crippen molar-refractivity contribution in [3.63, 3.8) is 0 Å². The number of aryl methyl sites for hydroxylation is 2. The van der Waals surface area contributed by atoms with Crippen LogP contribution in [0.15, 0.2) is 29.4 Å². The van der Waals surface area contributed by atoms with Gasteiger partial charge in [-0.3, -0.25) is 4.57 Å². The second-order valence-corrected chi connectivity index (χ2v) is 12.6. The Morgan fingerprint density at radius 1 is 1.00 bits per heavy atom. The number of benzene rings is 1. The van der Waals surface area contributed by atoms with Gasteiger partial charge in [0.2, 0.25) is 0 Å². The highest BCUT2D eigenvalue weighted by molar-refractivity contribution is 7.98. The van der Waals surface area contributed by atoms with Crippen LogP contribution in [0.2, 0.25) is 0 Å². The summed E-state index contributed by atoms with van der Waals surface area (Å²) in [5.74, 6) is 3.80. The summed E-state index contributed by atoms with van der Waals surface area (Å²) >= 11 is 3.25. The fourth-order valence-electron chi connectivity index (χ4n) is 6.95. The van der Waals surface area contributed by atoms with Crippen LogP contribution in [-0.4, -0.2) is 19.7 Å². The lowest BCUT2D eigenvalue weighted by Gasteiger charge is -2.57. The van der Waals surface area contributed by atoms with Crippen LogP contribution in [-0.2, 0) is 17.5 Å². The molecule has 4 saturated carbocycles. The highest BCUT2D eigenvalue weighted by Gasteiger charge is 2.53. The summed E-state index contributed by atoms with van der Waals surface area (Å²) in [6.07, 6.45) is 3.26. The van der Waals surface area contributed by atoms with Crippen molar-refractivity contribution in [3.8, 4) is 10.7 Å². The number of hydrogen-bond donors (Lipinski definition) is 0. The van der Waals surface area contributed by atoms with Crippen molar-refractivity contribution >= 4 is 23.1 Å². The molecule has 0 N–H and O–H groups in total. The van der Waals surface area contributed by atoms with Gasteiger partial charge in [0.25, 0.3) is 0 Å². The number of thiazole rings is 1. The predicted octanol–water partition coefficient (Wildman–Crippen LogP) is 7.25. The molecule has 4 bridgehead atoms. The zero-order valence-corrected chi connectivity index (χ0v) is 20.9. The molecule has 4 nitrogen and oxygen atoms in total. The third-order valence-corrected chi connectivity index (χ3v) is 9.94. The molecule has 4 aliphatic carbocycles. The van der Waals surface area contributed by atoms with Crippen molar-refractivity contribution in [1.82, 2.24) is 19.7 Å². The van der Waals surface area contributed by atoms with E-state index in [0.717, 1.165) is 62.0 Å². The first-order valence-electron chi connectivity index (χ1n) is 11.9. The molecule has 180 valence electrons. The maximum Gasteiger partial charge on any atom is 0.416 e. The fourth-order valence-corrected chi connectivity index (χ4v) is 8.84. The van der Waals surface area contributed by atoms with E-state index in [9.17, 15) is 13.2 Å². The van der Waals surface area contributed by atoms with E-state index in [1.54, 1.807) is 35.2 Å². The first kappa shape index (κ1) is 22.6. The van der Waals surface area contributed by atoms with Crippen LogP contribution in [0, 0.1) is 31.6 Å². The van der Waals surface area contributed by atoms with Gasteiger partial charge < -0.3 is 0 Å². The molecular formula is C25H27F3N4S2. The van der Waals surface area contributed by atoms with Crippen molar-refractivity contribution in [2.75, 3.05) is 0 Å². The van der Waals surface area contributed by atoms with E-state index in [1.165, 1.54) is 38.5 Å². The molecule has 0 spiro atoms. The molecule has 0 radical (unpaired) electrons. The number of halogens is 3. The quantitative estimate of drug-likeness (QED) is 0.343. The number of hydrogen-bond acceptors (Lipinski definition) is 5. The van der Waals surface area contributed by atoms with Gasteiger partial charge in [0.05, 0.1) is 21.1 Å². The Labute approximate surface area is 205 Å². The van der Waals surface area contributed by atoms with Crippen LogP contribution < -0.4 is 0 Å². The lowest BCUT2D eigenvalue weighted by atomic mass is 9.53.